The lowest BCUT2D eigenvalue weighted by atomic mass is 9.91. The van der Waals surface area contributed by atoms with Gasteiger partial charge in [-0.2, -0.15) is 0 Å². The van der Waals surface area contributed by atoms with Gasteiger partial charge in [0.15, 0.2) is 0 Å². The molecule has 0 aromatic heterocycles. The number of nitrogens with zero attached hydrogens (tertiary/aromatic N) is 2. The molecule has 26 heavy (non-hydrogen) atoms. The van der Waals surface area contributed by atoms with Crippen LogP contribution in [0.5, 0.6) is 0 Å². The predicted octanol–water partition coefficient (Wildman–Crippen LogP) is 1.23. The second-order valence-corrected chi connectivity index (χ2v) is 6.67. The molecule has 1 N–H and O–H groups in total. The Morgan fingerprint density at radius 3 is 2.81 bits per heavy atom. The van der Waals surface area contributed by atoms with Crippen LogP contribution in [0, 0.1) is 5.82 Å². The van der Waals surface area contributed by atoms with Gasteiger partial charge >= 0.3 is 6.03 Å². The van der Waals surface area contributed by atoms with Crippen molar-refractivity contribution in [3.8, 4) is 0 Å². The molecule has 0 saturated carbocycles. The largest absolute Gasteiger partial charge is 0.375 e. The Morgan fingerprint density at radius 1 is 1.38 bits per heavy atom. The Bertz CT molecular complexity index is 741. The highest BCUT2D eigenvalue weighted by Gasteiger charge is 2.50. The van der Waals surface area contributed by atoms with E-state index in [9.17, 15) is 18.8 Å². The van der Waals surface area contributed by atoms with Crippen LogP contribution in [0.2, 0.25) is 0 Å². The van der Waals surface area contributed by atoms with E-state index in [1.807, 2.05) is 6.92 Å². The van der Waals surface area contributed by atoms with E-state index < -0.39 is 23.3 Å². The number of nitrogens with one attached hydrogen (secondary N) is 1. The second-order valence-electron chi connectivity index (χ2n) is 6.67. The fraction of sp³-hybridized carbons (Fsp3) is 0.500. The topological polar surface area (TPSA) is 79.0 Å². The molecule has 2 heterocycles. The number of ether oxygens (including phenoxy) is 1. The molecule has 2 aliphatic heterocycles. The lowest BCUT2D eigenvalue weighted by molar-refractivity contribution is -0.143. The van der Waals surface area contributed by atoms with Gasteiger partial charge in [-0.05, 0) is 19.4 Å². The third kappa shape index (κ3) is 3.16. The Morgan fingerprint density at radius 2 is 2.12 bits per heavy atom. The van der Waals surface area contributed by atoms with E-state index in [0.29, 0.717) is 19.7 Å². The van der Waals surface area contributed by atoms with E-state index in [4.69, 9.17) is 4.74 Å². The third-order valence-electron chi connectivity index (χ3n) is 4.93. The molecule has 2 aliphatic rings. The lowest BCUT2D eigenvalue weighted by Crippen LogP contribution is -2.50. The fourth-order valence-electron chi connectivity index (χ4n) is 3.32. The molecule has 0 aliphatic carbocycles. The van der Waals surface area contributed by atoms with Crippen molar-refractivity contribution in [2.45, 2.75) is 31.9 Å². The van der Waals surface area contributed by atoms with Gasteiger partial charge in [-0.25, -0.2) is 9.18 Å². The summed E-state index contributed by atoms with van der Waals surface area (Å²) in [5.41, 5.74) is -1.45. The fourth-order valence-corrected chi connectivity index (χ4v) is 3.32. The Labute approximate surface area is 151 Å². The molecule has 2 saturated heterocycles. The van der Waals surface area contributed by atoms with E-state index in [1.54, 1.807) is 11.0 Å². The summed E-state index contributed by atoms with van der Waals surface area (Å²) in [4.78, 5) is 40.1. The minimum atomic E-state index is -1.53. The maximum absolute atomic E-state index is 14.1. The number of hydrogen-bond donors (Lipinski definition) is 1. The maximum atomic E-state index is 14.1. The van der Waals surface area contributed by atoms with Crippen LogP contribution < -0.4 is 5.32 Å². The summed E-state index contributed by atoms with van der Waals surface area (Å²) < 4.78 is 19.7. The number of hydrogen-bond acceptors (Lipinski definition) is 4. The third-order valence-corrected chi connectivity index (χ3v) is 4.93. The van der Waals surface area contributed by atoms with Gasteiger partial charge in [0.25, 0.3) is 5.91 Å². The molecule has 3 rings (SSSR count). The first-order chi connectivity index (χ1) is 12.4. The van der Waals surface area contributed by atoms with Crippen molar-refractivity contribution in [2.75, 3.05) is 26.2 Å². The molecule has 0 radical (unpaired) electrons. The number of imide groups is 1. The molecule has 8 heteroatoms. The van der Waals surface area contributed by atoms with E-state index in [0.717, 1.165) is 11.3 Å². The number of amides is 4. The molecule has 4 amide bonds. The van der Waals surface area contributed by atoms with Crippen LogP contribution in [0.4, 0.5) is 9.18 Å². The smallest absolute Gasteiger partial charge is 0.325 e. The Balaban J connectivity index is 1.75. The van der Waals surface area contributed by atoms with Gasteiger partial charge in [-0.3, -0.25) is 14.5 Å². The van der Waals surface area contributed by atoms with Crippen molar-refractivity contribution in [2.24, 2.45) is 0 Å². The molecule has 2 fully saturated rings. The van der Waals surface area contributed by atoms with Gasteiger partial charge in [0, 0.05) is 18.7 Å². The van der Waals surface area contributed by atoms with Gasteiger partial charge in [-0.1, -0.05) is 25.1 Å². The highest BCUT2D eigenvalue weighted by Crippen LogP contribution is 2.30. The summed E-state index contributed by atoms with van der Waals surface area (Å²) in [6, 6.07) is 5.08. The molecule has 1 aromatic carbocycles. The molecule has 7 nitrogen and oxygen atoms in total. The number of carbonyl (C=O) groups is 3. The summed E-state index contributed by atoms with van der Waals surface area (Å²) in [6.07, 6.45) is 0.734. The molecule has 140 valence electrons. The first-order valence-corrected chi connectivity index (χ1v) is 8.65. The van der Waals surface area contributed by atoms with Crippen molar-refractivity contribution >= 4 is 17.8 Å². The van der Waals surface area contributed by atoms with Gasteiger partial charge in [0.2, 0.25) is 5.91 Å². The molecule has 0 bridgehead atoms. The molecular formula is C18H22FN3O4. The number of morpholine rings is 1. The van der Waals surface area contributed by atoms with E-state index in [-0.39, 0.29) is 24.1 Å². The van der Waals surface area contributed by atoms with Gasteiger partial charge in [0.05, 0.1) is 12.7 Å². The Hall–Kier alpha value is -2.48. The predicted molar refractivity (Wildman–Crippen MR) is 90.6 cm³/mol. The van der Waals surface area contributed by atoms with Crippen LogP contribution in [0.15, 0.2) is 24.3 Å². The molecule has 0 unspecified atom stereocenters. The highest BCUT2D eigenvalue weighted by molar-refractivity contribution is 6.09. The first kappa shape index (κ1) is 18.3. The zero-order valence-electron chi connectivity index (χ0n) is 14.8. The van der Waals surface area contributed by atoms with E-state index in [2.05, 4.69) is 5.32 Å². The average Bonchev–Trinajstić information content (AvgIpc) is 2.86. The number of benzene rings is 1. The van der Waals surface area contributed by atoms with Crippen molar-refractivity contribution in [3.05, 3.63) is 35.6 Å². The number of rotatable bonds is 4. The van der Waals surface area contributed by atoms with Crippen LogP contribution >= 0.6 is 0 Å². The summed E-state index contributed by atoms with van der Waals surface area (Å²) in [5, 5.41) is 2.52. The summed E-state index contributed by atoms with van der Waals surface area (Å²) >= 11 is 0. The van der Waals surface area contributed by atoms with E-state index >= 15 is 0 Å². The molecule has 0 spiro atoms. The molecule has 2 atom stereocenters. The van der Waals surface area contributed by atoms with Crippen LogP contribution in [-0.2, 0) is 19.9 Å². The SMILES string of the molecule is CC[C@H]1CN(C(=O)CN2C(=O)N[C@](C)(c3ccccc3F)C2=O)CCO1. The van der Waals surface area contributed by atoms with Gasteiger partial charge in [-0.15, -0.1) is 0 Å². The van der Waals surface area contributed by atoms with Gasteiger partial charge < -0.3 is 15.0 Å². The maximum Gasteiger partial charge on any atom is 0.325 e. The zero-order chi connectivity index (χ0) is 18.9. The minimum Gasteiger partial charge on any atom is -0.375 e. The number of carbonyl (C=O) groups excluding carboxylic acids is 3. The second kappa shape index (κ2) is 7.03. The van der Waals surface area contributed by atoms with Crippen molar-refractivity contribution in [3.63, 3.8) is 0 Å². The minimum absolute atomic E-state index is 0.0421. The van der Waals surface area contributed by atoms with Crippen molar-refractivity contribution < 1.29 is 23.5 Å². The standard InChI is InChI=1S/C18H22FN3O4/c1-3-12-10-21(8-9-26-12)15(23)11-22-16(24)18(2,20-17(22)25)13-6-4-5-7-14(13)19/h4-7,12H,3,8-11H2,1-2H3,(H,20,25)/t12-,18+/m0/s1. The number of urea groups is 1. The van der Waals surface area contributed by atoms with Crippen LogP contribution in [0.25, 0.3) is 0 Å². The van der Waals surface area contributed by atoms with Crippen LogP contribution in [0.1, 0.15) is 25.8 Å². The van der Waals surface area contributed by atoms with Crippen molar-refractivity contribution in [1.29, 1.82) is 0 Å². The van der Waals surface area contributed by atoms with Crippen LogP contribution in [0.3, 0.4) is 0 Å². The van der Waals surface area contributed by atoms with Crippen LogP contribution in [-0.4, -0.2) is 60.0 Å². The van der Waals surface area contributed by atoms with Gasteiger partial charge in [0.1, 0.15) is 17.9 Å². The highest BCUT2D eigenvalue weighted by atomic mass is 19.1. The summed E-state index contributed by atoms with van der Waals surface area (Å²) in [6.45, 7) is 4.32. The average molecular weight is 363 g/mol. The normalized spacial score (nSPS) is 26.2. The number of halogens is 1. The monoisotopic (exact) mass is 363 g/mol. The Kier molecular flexibility index (Phi) is 4.95. The zero-order valence-corrected chi connectivity index (χ0v) is 14.8. The van der Waals surface area contributed by atoms with Crippen molar-refractivity contribution in [1.82, 2.24) is 15.1 Å². The van der Waals surface area contributed by atoms with E-state index in [1.165, 1.54) is 25.1 Å². The molecular weight excluding hydrogens is 341 g/mol. The summed E-state index contributed by atoms with van der Waals surface area (Å²) in [7, 11) is 0. The lowest BCUT2D eigenvalue weighted by Gasteiger charge is -2.33. The molecule has 1 aromatic rings. The first-order valence-electron chi connectivity index (χ1n) is 8.65. The summed E-state index contributed by atoms with van der Waals surface area (Å²) in [5.74, 6) is -1.55. The quantitative estimate of drug-likeness (QED) is 0.816.